The fraction of sp³-hybridized carbons (Fsp3) is 0.857. The number of rotatable bonds is 30. The normalized spacial score (nSPS) is 13.4. The number of carbonyl (C=O) groups excluding carboxylic acids is 1. The smallest absolute Gasteiger partial charge is 0.220 e. The van der Waals surface area contributed by atoms with Crippen LogP contribution in [0.25, 0.3) is 0 Å². The molecule has 4 nitrogen and oxygen atoms in total. The van der Waals surface area contributed by atoms with E-state index >= 15 is 0 Å². The van der Waals surface area contributed by atoms with E-state index < -0.39 is 12.1 Å². The van der Waals surface area contributed by atoms with Crippen LogP contribution in [0.2, 0.25) is 0 Å². The summed E-state index contributed by atoms with van der Waals surface area (Å²) < 4.78 is 0. The molecule has 0 saturated heterocycles. The Hall–Kier alpha value is -1.13. The molecule has 0 fully saturated rings. The van der Waals surface area contributed by atoms with Crippen molar-refractivity contribution in [2.45, 2.75) is 187 Å². The van der Waals surface area contributed by atoms with Gasteiger partial charge in [-0.05, 0) is 44.9 Å². The van der Waals surface area contributed by atoms with Crippen LogP contribution in [0.1, 0.15) is 174 Å². The maximum atomic E-state index is 12.2. The number of carbonyl (C=O) groups is 1. The number of nitrogens with one attached hydrogen (secondary N) is 1. The highest BCUT2D eigenvalue weighted by molar-refractivity contribution is 5.76. The van der Waals surface area contributed by atoms with E-state index in [1.165, 1.54) is 128 Å². The minimum Gasteiger partial charge on any atom is -0.394 e. The lowest BCUT2D eigenvalue weighted by Gasteiger charge is -2.20. The van der Waals surface area contributed by atoms with Crippen molar-refractivity contribution in [3.63, 3.8) is 0 Å². The second-order valence-corrected chi connectivity index (χ2v) is 11.6. The highest BCUT2D eigenvalue weighted by Crippen LogP contribution is 2.12. The summed E-state index contributed by atoms with van der Waals surface area (Å²) in [5.74, 6) is -0.0724. The van der Waals surface area contributed by atoms with Crippen LogP contribution in [0.4, 0.5) is 0 Å². The Morgan fingerprint density at radius 2 is 0.974 bits per heavy atom. The van der Waals surface area contributed by atoms with Gasteiger partial charge in [-0.2, -0.15) is 0 Å². The maximum Gasteiger partial charge on any atom is 0.220 e. The number of hydrogen-bond donors (Lipinski definition) is 3. The molecule has 2 unspecified atom stereocenters. The number of aliphatic hydroxyl groups excluding tert-OH is 2. The fourth-order valence-corrected chi connectivity index (χ4v) is 4.99. The minimum atomic E-state index is -0.835. The summed E-state index contributed by atoms with van der Waals surface area (Å²) in [5, 5.41) is 22.7. The average Bonchev–Trinajstić information content (AvgIpc) is 2.94. The van der Waals surface area contributed by atoms with Gasteiger partial charge in [-0.1, -0.05) is 147 Å². The van der Waals surface area contributed by atoms with Crippen molar-refractivity contribution in [1.29, 1.82) is 0 Å². The molecule has 4 heteroatoms. The highest BCUT2D eigenvalue weighted by atomic mass is 16.3. The number of amides is 1. The molecule has 39 heavy (non-hydrogen) atoms. The van der Waals surface area contributed by atoms with E-state index in [9.17, 15) is 15.0 Å². The van der Waals surface area contributed by atoms with E-state index in [2.05, 4.69) is 31.3 Å². The van der Waals surface area contributed by atoms with E-state index in [0.29, 0.717) is 6.42 Å². The zero-order chi connectivity index (χ0) is 28.7. The van der Waals surface area contributed by atoms with Crippen LogP contribution in [0.3, 0.4) is 0 Å². The molecular weight excluding hydrogens is 482 g/mol. The molecule has 0 aliphatic rings. The van der Waals surface area contributed by atoms with E-state index in [-0.39, 0.29) is 12.5 Å². The number of unbranched alkanes of at least 4 members (excludes halogenated alkanes) is 21. The topological polar surface area (TPSA) is 69.6 Å². The number of allylic oxidation sites excluding steroid dienone is 3. The van der Waals surface area contributed by atoms with Gasteiger partial charge >= 0.3 is 0 Å². The molecule has 0 aromatic rings. The zero-order valence-electron chi connectivity index (χ0n) is 26.2. The second kappa shape index (κ2) is 31.4. The van der Waals surface area contributed by atoms with Crippen LogP contribution in [0, 0.1) is 0 Å². The van der Waals surface area contributed by atoms with Gasteiger partial charge in [0, 0.05) is 6.42 Å². The number of aliphatic hydroxyl groups is 2. The van der Waals surface area contributed by atoms with E-state index in [0.717, 1.165) is 25.7 Å². The lowest BCUT2D eigenvalue weighted by atomic mass is 10.1. The predicted molar refractivity (Wildman–Crippen MR) is 170 cm³/mol. The van der Waals surface area contributed by atoms with E-state index in [1.807, 2.05) is 6.08 Å². The van der Waals surface area contributed by atoms with Gasteiger partial charge in [-0.3, -0.25) is 4.79 Å². The van der Waals surface area contributed by atoms with Gasteiger partial charge in [-0.25, -0.2) is 0 Å². The first-order valence-electron chi connectivity index (χ1n) is 17.1. The summed E-state index contributed by atoms with van der Waals surface area (Å²) in [6.07, 6.45) is 38.3. The maximum absolute atomic E-state index is 12.2. The van der Waals surface area contributed by atoms with Gasteiger partial charge in [0.05, 0.1) is 18.8 Å². The standard InChI is InChI=1S/C35H67NO3/c1-3-5-7-9-11-13-14-15-16-17-18-19-20-21-23-25-27-29-31-35(39)36-33(32-37)34(38)30-28-26-24-22-12-10-8-6-4-2/h16-17,28,30,33-34,37-38H,3-15,18-27,29,31-32H2,1-2H3,(H,36,39)/b17-16-,30-28+. The first-order valence-corrected chi connectivity index (χ1v) is 17.1. The summed E-state index contributed by atoms with van der Waals surface area (Å²) in [4.78, 5) is 12.2. The summed E-state index contributed by atoms with van der Waals surface area (Å²) in [7, 11) is 0. The molecule has 1 amide bonds. The Morgan fingerprint density at radius 3 is 1.41 bits per heavy atom. The van der Waals surface area contributed by atoms with Crippen LogP contribution in [-0.2, 0) is 4.79 Å². The van der Waals surface area contributed by atoms with Crippen molar-refractivity contribution in [2.24, 2.45) is 0 Å². The molecule has 0 aromatic heterocycles. The van der Waals surface area contributed by atoms with Crippen molar-refractivity contribution in [3.8, 4) is 0 Å². The minimum absolute atomic E-state index is 0.0724. The predicted octanol–water partition coefficient (Wildman–Crippen LogP) is 9.73. The van der Waals surface area contributed by atoms with Gasteiger partial charge in [0.1, 0.15) is 0 Å². The van der Waals surface area contributed by atoms with Crippen LogP contribution < -0.4 is 5.32 Å². The molecule has 0 aromatic carbocycles. The van der Waals surface area contributed by atoms with Crippen LogP contribution in [0.5, 0.6) is 0 Å². The Labute approximate surface area is 243 Å². The molecule has 0 spiro atoms. The highest BCUT2D eigenvalue weighted by Gasteiger charge is 2.17. The molecule has 230 valence electrons. The molecule has 3 N–H and O–H groups in total. The van der Waals surface area contributed by atoms with Crippen molar-refractivity contribution in [2.75, 3.05) is 6.61 Å². The van der Waals surface area contributed by atoms with Crippen molar-refractivity contribution in [1.82, 2.24) is 5.32 Å². The molecule has 0 rings (SSSR count). The van der Waals surface area contributed by atoms with Crippen molar-refractivity contribution >= 4 is 5.91 Å². The molecule has 0 bridgehead atoms. The second-order valence-electron chi connectivity index (χ2n) is 11.6. The Bertz CT molecular complexity index is 560. The molecule has 2 atom stereocenters. The van der Waals surface area contributed by atoms with Gasteiger partial charge < -0.3 is 15.5 Å². The molecular formula is C35H67NO3. The van der Waals surface area contributed by atoms with Crippen molar-refractivity contribution in [3.05, 3.63) is 24.3 Å². The van der Waals surface area contributed by atoms with Crippen LogP contribution in [0.15, 0.2) is 24.3 Å². The third-order valence-corrected chi connectivity index (χ3v) is 7.68. The third kappa shape index (κ3) is 28.2. The van der Waals surface area contributed by atoms with Gasteiger partial charge in [0.2, 0.25) is 5.91 Å². The molecule has 0 aliphatic carbocycles. The first kappa shape index (κ1) is 37.9. The monoisotopic (exact) mass is 550 g/mol. The Morgan fingerprint density at radius 1 is 0.590 bits per heavy atom. The first-order chi connectivity index (χ1) is 19.2. The Kier molecular flexibility index (Phi) is 30.5. The average molecular weight is 550 g/mol. The van der Waals surface area contributed by atoms with Gasteiger partial charge in [0.15, 0.2) is 0 Å². The molecule has 0 radical (unpaired) electrons. The molecule has 0 heterocycles. The van der Waals surface area contributed by atoms with Crippen molar-refractivity contribution < 1.29 is 15.0 Å². The van der Waals surface area contributed by atoms with E-state index in [4.69, 9.17) is 0 Å². The quantitative estimate of drug-likeness (QED) is 0.0617. The lowest BCUT2D eigenvalue weighted by molar-refractivity contribution is -0.123. The fourth-order valence-electron chi connectivity index (χ4n) is 4.99. The molecule has 0 saturated carbocycles. The zero-order valence-corrected chi connectivity index (χ0v) is 26.2. The summed E-state index contributed by atoms with van der Waals surface area (Å²) in [6, 6.07) is -0.618. The summed E-state index contributed by atoms with van der Waals surface area (Å²) in [5.41, 5.74) is 0. The number of hydrogen-bond acceptors (Lipinski definition) is 3. The Balaban J connectivity index is 3.60. The van der Waals surface area contributed by atoms with Gasteiger partial charge in [-0.15, -0.1) is 0 Å². The SMILES string of the molecule is CCCCCCCCC/C=C\CCCCCCCCCC(=O)NC(CO)C(O)/C=C/CCCCCCCCC. The third-order valence-electron chi connectivity index (χ3n) is 7.68. The van der Waals surface area contributed by atoms with Crippen LogP contribution in [-0.4, -0.2) is 34.9 Å². The summed E-state index contributed by atoms with van der Waals surface area (Å²) in [6.45, 7) is 4.26. The largest absolute Gasteiger partial charge is 0.394 e. The van der Waals surface area contributed by atoms with E-state index in [1.54, 1.807) is 6.08 Å². The van der Waals surface area contributed by atoms with Gasteiger partial charge in [0.25, 0.3) is 0 Å². The molecule has 0 aliphatic heterocycles. The summed E-state index contributed by atoms with van der Waals surface area (Å²) >= 11 is 0. The van der Waals surface area contributed by atoms with Crippen LogP contribution >= 0.6 is 0 Å². The lowest BCUT2D eigenvalue weighted by Crippen LogP contribution is -2.45.